The number of nitrogens with one attached hydrogen (secondary N) is 1. The van der Waals surface area contributed by atoms with E-state index in [0.717, 1.165) is 17.2 Å². The van der Waals surface area contributed by atoms with Gasteiger partial charge in [0.05, 0.1) is 5.39 Å². The first-order valence-corrected chi connectivity index (χ1v) is 7.98. The fraction of sp³-hybridized carbons (Fsp3) is 0.571. The fourth-order valence-electron chi connectivity index (χ4n) is 2.95. The van der Waals surface area contributed by atoms with Crippen molar-refractivity contribution in [2.45, 2.75) is 37.8 Å². The van der Waals surface area contributed by atoms with Crippen molar-refractivity contribution in [1.29, 1.82) is 0 Å². The highest BCUT2D eigenvalue weighted by molar-refractivity contribution is 7.16. The van der Waals surface area contributed by atoms with Crippen LogP contribution >= 0.6 is 11.3 Å². The van der Waals surface area contributed by atoms with E-state index >= 15 is 0 Å². The molecular formula is C14H18N4S. The molecule has 5 heteroatoms. The number of aromatic nitrogens is 2. The molecule has 1 saturated carbocycles. The van der Waals surface area contributed by atoms with Crippen LogP contribution < -0.4 is 10.2 Å². The van der Waals surface area contributed by atoms with E-state index in [0.29, 0.717) is 12.1 Å². The van der Waals surface area contributed by atoms with Crippen LogP contribution in [0.1, 0.15) is 25.7 Å². The zero-order valence-electron chi connectivity index (χ0n) is 10.9. The van der Waals surface area contributed by atoms with E-state index in [-0.39, 0.29) is 0 Å². The number of thiophene rings is 1. The Balaban J connectivity index is 1.67. The zero-order chi connectivity index (χ0) is 12.7. The van der Waals surface area contributed by atoms with Crippen molar-refractivity contribution in [3.8, 4) is 0 Å². The standard InChI is InChI=1S/C14H18N4S/c1-2-10(15-6-1)8-18(11-3-4-11)13-12-5-7-19-14(12)17-9-16-13/h5,7,9-11,15H,1-4,6,8H2. The molecule has 0 amide bonds. The van der Waals surface area contributed by atoms with Crippen molar-refractivity contribution in [2.24, 2.45) is 0 Å². The average Bonchev–Trinajstić information content (AvgIpc) is 2.95. The van der Waals surface area contributed by atoms with Crippen molar-refractivity contribution in [2.75, 3.05) is 18.0 Å². The molecule has 2 aliphatic rings. The van der Waals surface area contributed by atoms with Crippen LogP contribution in [0.15, 0.2) is 17.8 Å². The summed E-state index contributed by atoms with van der Waals surface area (Å²) < 4.78 is 0. The van der Waals surface area contributed by atoms with Gasteiger partial charge in [-0.15, -0.1) is 11.3 Å². The fourth-order valence-corrected chi connectivity index (χ4v) is 3.68. The first-order chi connectivity index (χ1) is 9.42. The number of hydrogen-bond acceptors (Lipinski definition) is 5. The summed E-state index contributed by atoms with van der Waals surface area (Å²) in [4.78, 5) is 12.6. The molecule has 100 valence electrons. The van der Waals surface area contributed by atoms with Crippen LogP contribution in [0.4, 0.5) is 5.82 Å². The Kier molecular flexibility index (Phi) is 2.89. The summed E-state index contributed by atoms with van der Waals surface area (Å²) in [6, 6.07) is 3.48. The second kappa shape index (κ2) is 4.72. The van der Waals surface area contributed by atoms with E-state index in [9.17, 15) is 0 Å². The van der Waals surface area contributed by atoms with Crippen LogP contribution in [0.25, 0.3) is 10.2 Å². The molecule has 0 radical (unpaired) electrons. The molecule has 2 aromatic heterocycles. The predicted molar refractivity (Wildman–Crippen MR) is 78.8 cm³/mol. The van der Waals surface area contributed by atoms with Gasteiger partial charge in [-0.3, -0.25) is 0 Å². The van der Waals surface area contributed by atoms with Gasteiger partial charge in [0.2, 0.25) is 0 Å². The minimum absolute atomic E-state index is 0.629. The number of fused-ring (bicyclic) bond motifs is 1. The summed E-state index contributed by atoms with van der Waals surface area (Å²) in [6.07, 6.45) is 6.93. The summed E-state index contributed by atoms with van der Waals surface area (Å²) in [5, 5.41) is 6.93. The van der Waals surface area contributed by atoms with Crippen LogP contribution in [-0.4, -0.2) is 35.1 Å². The van der Waals surface area contributed by atoms with E-state index in [1.54, 1.807) is 17.7 Å². The Bertz CT molecular complexity index is 572. The smallest absolute Gasteiger partial charge is 0.141 e. The van der Waals surface area contributed by atoms with Gasteiger partial charge in [0.15, 0.2) is 0 Å². The van der Waals surface area contributed by atoms with E-state index in [1.165, 1.54) is 37.6 Å². The first kappa shape index (κ1) is 11.6. The summed E-state index contributed by atoms with van der Waals surface area (Å²) in [5.74, 6) is 1.14. The molecule has 1 saturated heterocycles. The topological polar surface area (TPSA) is 41.1 Å². The summed E-state index contributed by atoms with van der Waals surface area (Å²) in [7, 11) is 0. The van der Waals surface area contributed by atoms with Gasteiger partial charge in [0, 0.05) is 18.6 Å². The highest BCUT2D eigenvalue weighted by Gasteiger charge is 2.33. The van der Waals surface area contributed by atoms with Gasteiger partial charge in [-0.25, -0.2) is 9.97 Å². The largest absolute Gasteiger partial charge is 0.351 e. The molecule has 0 aromatic carbocycles. The molecule has 4 rings (SSSR count). The molecule has 4 nitrogen and oxygen atoms in total. The minimum Gasteiger partial charge on any atom is -0.351 e. The van der Waals surface area contributed by atoms with Gasteiger partial charge in [-0.2, -0.15) is 0 Å². The SMILES string of the molecule is c1nc(N(CC2CCCN2)C2CC2)c2ccsc2n1. The van der Waals surface area contributed by atoms with Crippen molar-refractivity contribution in [1.82, 2.24) is 15.3 Å². The third-order valence-corrected chi connectivity index (χ3v) is 4.90. The van der Waals surface area contributed by atoms with Crippen molar-refractivity contribution < 1.29 is 0 Å². The highest BCUT2D eigenvalue weighted by Crippen LogP contribution is 2.35. The monoisotopic (exact) mass is 274 g/mol. The number of anilines is 1. The molecule has 0 bridgehead atoms. The Morgan fingerprint density at radius 3 is 3.05 bits per heavy atom. The van der Waals surface area contributed by atoms with Crippen LogP contribution in [-0.2, 0) is 0 Å². The molecule has 1 unspecified atom stereocenters. The van der Waals surface area contributed by atoms with Gasteiger partial charge in [-0.05, 0) is 43.7 Å². The van der Waals surface area contributed by atoms with Gasteiger partial charge in [0.1, 0.15) is 17.0 Å². The predicted octanol–water partition coefficient (Wildman–Crippen LogP) is 2.41. The second-order valence-electron chi connectivity index (χ2n) is 5.51. The summed E-state index contributed by atoms with van der Waals surface area (Å²) in [5.41, 5.74) is 0. The molecule has 1 N–H and O–H groups in total. The lowest BCUT2D eigenvalue weighted by atomic mass is 10.2. The Morgan fingerprint density at radius 2 is 2.26 bits per heavy atom. The molecule has 2 fully saturated rings. The van der Waals surface area contributed by atoms with Crippen LogP contribution in [0.2, 0.25) is 0 Å². The van der Waals surface area contributed by atoms with E-state index in [2.05, 4.69) is 31.6 Å². The Morgan fingerprint density at radius 1 is 1.32 bits per heavy atom. The molecule has 19 heavy (non-hydrogen) atoms. The summed E-state index contributed by atoms with van der Waals surface area (Å²) in [6.45, 7) is 2.26. The molecular weight excluding hydrogens is 256 g/mol. The molecule has 1 aliphatic carbocycles. The van der Waals surface area contributed by atoms with E-state index in [1.807, 2.05) is 0 Å². The maximum Gasteiger partial charge on any atom is 0.141 e. The van der Waals surface area contributed by atoms with Crippen LogP contribution in [0.3, 0.4) is 0 Å². The minimum atomic E-state index is 0.629. The maximum absolute atomic E-state index is 4.58. The molecule has 0 spiro atoms. The third kappa shape index (κ3) is 2.21. The second-order valence-corrected chi connectivity index (χ2v) is 6.41. The highest BCUT2D eigenvalue weighted by atomic mass is 32.1. The molecule has 3 heterocycles. The summed E-state index contributed by atoms with van der Waals surface area (Å²) >= 11 is 1.70. The number of nitrogens with zero attached hydrogens (tertiary/aromatic N) is 3. The lowest BCUT2D eigenvalue weighted by Gasteiger charge is -2.27. The van der Waals surface area contributed by atoms with Crippen molar-refractivity contribution in [3.05, 3.63) is 17.8 Å². The van der Waals surface area contributed by atoms with Gasteiger partial charge >= 0.3 is 0 Å². The third-order valence-electron chi connectivity index (χ3n) is 4.08. The molecule has 1 atom stereocenters. The van der Waals surface area contributed by atoms with Crippen molar-refractivity contribution >= 4 is 27.4 Å². The lowest BCUT2D eigenvalue weighted by Crippen LogP contribution is -2.39. The quantitative estimate of drug-likeness (QED) is 0.929. The Labute approximate surface area is 116 Å². The van der Waals surface area contributed by atoms with E-state index < -0.39 is 0 Å². The normalized spacial score (nSPS) is 23.1. The maximum atomic E-state index is 4.58. The molecule has 1 aliphatic heterocycles. The van der Waals surface area contributed by atoms with Gasteiger partial charge in [-0.1, -0.05) is 0 Å². The number of rotatable bonds is 4. The van der Waals surface area contributed by atoms with E-state index in [4.69, 9.17) is 0 Å². The van der Waals surface area contributed by atoms with Crippen LogP contribution in [0.5, 0.6) is 0 Å². The van der Waals surface area contributed by atoms with Crippen molar-refractivity contribution in [3.63, 3.8) is 0 Å². The average molecular weight is 274 g/mol. The Hall–Kier alpha value is -1.20. The molecule has 2 aromatic rings. The van der Waals surface area contributed by atoms with Crippen LogP contribution in [0, 0.1) is 0 Å². The zero-order valence-corrected chi connectivity index (χ0v) is 11.7. The first-order valence-electron chi connectivity index (χ1n) is 7.10. The number of hydrogen-bond donors (Lipinski definition) is 1. The van der Waals surface area contributed by atoms with Gasteiger partial charge in [0.25, 0.3) is 0 Å². The van der Waals surface area contributed by atoms with Gasteiger partial charge < -0.3 is 10.2 Å². The lowest BCUT2D eigenvalue weighted by molar-refractivity contribution is 0.576.